The van der Waals surface area contributed by atoms with Crippen LogP contribution in [-0.4, -0.2) is 45.1 Å². The van der Waals surface area contributed by atoms with E-state index in [9.17, 15) is 4.79 Å². The van der Waals surface area contributed by atoms with E-state index in [0.29, 0.717) is 17.9 Å². The number of likely N-dealkylation sites (tertiary alicyclic amines) is 1. The molecule has 216 valence electrons. The smallest absolute Gasteiger partial charge is 0.399 e. The van der Waals surface area contributed by atoms with Crippen molar-refractivity contribution < 1.29 is 14.1 Å². The summed E-state index contributed by atoms with van der Waals surface area (Å²) < 4.78 is 12.5. The van der Waals surface area contributed by atoms with Gasteiger partial charge in [0.05, 0.1) is 28.3 Å². The molecule has 11 heteroatoms. The number of amides is 1. The molecule has 4 atom stereocenters. The molecule has 3 aromatic rings. The van der Waals surface area contributed by atoms with Gasteiger partial charge in [0.25, 0.3) is 0 Å². The molecule has 3 fully saturated rings. The lowest BCUT2D eigenvalue weighted by Gasteiger charge is -2.32. The Hall–Kier alpha value is -0.975. The van der Waals surface area contributed by atoms with Gasteiger partial charge in [0.1, 0.15) is 5.82 Å². The zero-order valence-electron chi connectivity index (χ0n) is 23.9. The Morgan fingerprint density at radius 1 is 1.00 bits per heavy atom. The monoisotopic (exact) mass is 609 g/mol. The number of carbonyl (C=O) groups is 1. The Bertz CT molecular complexity index is 1330. The summed E-state index contributed by atoms with van der Waals surface area (Å²) in [5.41, 5.74) is 2.25. The molecule has 39 heavy (non-hydrogen) atoms. The molecule has 6 nitrogen and oxygen atoms in total. The normalized spacial score (nSPS) is 24.9. The standard InChI is InChI=1S/C28H36BN3O3.4H2S/c1-15(2)16(3)26(33)32-22-13-18(22)14-23(32)25-30-21-11-8-17-12-19(9-10-20(17)24(21)31-25)29-34-27(4,5)28(6,7)35-29;;;;/h8-12,15-16,18,22-23H,13-14H2,1-7H3,(H,30,31);4*1H2/t16-,18-,22-,23-;;;;/m0..../s1. The lowest BCUT2D eigenvalue weighted by atomic mass is 9.78. The molecule has 3 heterocycles. The van der Waals surface area contributed by atoms with Crippen LogP contribution in [0.25, 0.3) is 21.8 Å². The number of hydrogen-bond acceptors (Lipinski definition) is 4. The van der Waals surface area contributed by atoms with Crippen molar-refractivity contribution in [1.29, 1.82) is 0 Å². The first-order valence-electron chi connectivity index (χ1n) is 13.1. The predicted molar refractivity (Wildman–Crippen MR) is 181 cm³/mol. The lowest BCUT2D eigenvalue weighted by Crippen LogP contribution is -2.41. The van der Waals surface area contributed by atoms with E-state index in [-0.39, 0.29) is 90.2 Å². The summed E-state index contributed by atoms with van der Waals surface area (Å²) in [4.78, 5) is 24.1. The van der Waals surface area contributed by atoms with Crippen LogP contribution in [0, 0.1) is 17.8 Å². The van der Waals surface area contributed by atoms with Gasteiger partial charge in [-0.3, -0.25) is 4.79 Å². The first-order chi connectivity index (χ1) is 16.5. The van der Waals surface area contributed by atoms with Crippen LogP contribution in [0.15, 0.2) is 30.3 Å². The molecule has 1 aliphatic carbocycles. The number of aromatic nitrogens is 2. The van der Waals surface area contributed by atoms with Crippen LogP contribution in [0.2, 0.25) is 0 Å². The third kappa shape index (κ3) is 5.60. The predicted octanol–water partition coefficient (Wildman–Crippen LogP) is 5.42. The fourth-order valence-corrected chi connectivity index (χ4v) is 5.66. The van der Waals surface area contributed by atoms with E-state index in [1.165, 1.54) is 0 Å². The quantitative estimate of drug-likeness (QED) is 0.402. The maximum Gasteiger partial charge on any atom is 0.494 e. The highest BCUT2D eigenvalue weighted by Gasteiger charge is 2.56. The summed E-state index contributed by atoms with van der Waals surface area (Å²) in [7, 11) is -0.387. The van der Waals surface area contributed by atoms with Crippen molar-refractivity contribution in [2.45, 2.75) is 84.6 Å². The minimum atomic E-state index is -0.387. The van der Waals surface area contributed by atoms with Crippen LogP contribution in [0.4, 0.5) is 0 Å². The van der Waals surface area contributed by atoms with Gasteiger partial charge in [0.2, 0.25) is 5.91 Å². The number of benzene rings is 2. The Labute approximate surface area is 260 Å². The molecule has 1 saturated carbocycles. The molecular formula is C28H44BN3O3S4. The molecule has 1 aromatic heterocycles. The van der Waals surface area contributed by atoms with Gasteiger partial charge in [-0.2, -0.15) is 54.0 Å². The molecule has 3 aliphatic rings. The van der Waals surface area contributed by atoms with Crippen molar-refractivity contribution >= 4 is 94.3 Å². The second-order valence-corrected chi connectivity index (χ2v) is 12.2. The Balaban J connectivity index is 0.00000133. The number of rotatable bonds is 4. The third-order valence-electron chi connectivity index (χ3n) is 9.10. The van der Waals surface area contributed by atoms with Crippen molar-refractivity contribution in [3.05, 3.63) is 36.2 Å². The van der Waals surface area contributed by atoms with E-state index in [1.54, 1.807) is 0 Å². The molecule has 6 rings (SSSR count). The van der Waals surface area contributed by atoms with Crippen LogP contribution >= 0.6 is 54.0 Å². The van der Waals surface area contributed by atoms with E-state index in [4.69, 9.17) is 14.3 Å². The molecule has 0 unspecified atom stereocenters. The van der Waals surface area contributed by atoms with E-state index in [1.807, 2.05) is 0 Å². The second kappa shape index (κ2) is 11.7. The van der Waals surface area contributed by atoms with Crippen molar-refractivity contribution in [2.24, 2.45) is 17.8 Å². The fraction of sp³-hybridized carbons (Fsp3) is 0.571. The summed E-state index contributed by atoms with van der Waals surface area (Å²) in [6.07, 6.45) is 2.14. The Morgan fingerprint density at radius 3 is 2.26 bits per heavy atom. The van der Waals surface area contributed by atoms with Gasteiger partial charge in [0.15, 0.2) is 0 Å². The van der Waals surface area contributed by atoms with Crippen LogP contribution in [0.1, 0.15) is 73.2 Å². The summed E-state index contributed by atoms with van der Waals surface area (Å²) in [6.45, 7) is 14.6. The summed E-state index contributed by atoms with van der Waals surface area (Å²) >= 11 is 0. The van der Waals surface area contributed by atoms with Gasteiger partial charge in [0, 0.05) is 17.3 Å². The highest BCUT2D eigenvalue weighted by atomic mass is 32.1. The Kier molecular flexibility index (Phi) is 10.3. The molecule has 1 N–H and O–H groups in total. The van der Waals surface area contributed by atoms with Crippen LogP contribution in [-0.2, 0) is 14.1 Å². The fourth-order valence-electron chi connectivity index (χ4n) is 5.66. The third-order valence-corrected chi connectivity index (χ3v) is 9.10. The lowest BCUT2D eigenvalue weighted by molar-refractivity contribution is -0.138. The van der Waals surface area contributed by atoms with Crippen molar-refractivity contribution in [3.63, 3.8) is 0 Å². The zero-order chi connectivity index (χ0) is 24.9. The first-order valence-corrected chi connectivity index (χ1v) is 13.1. The number of piperidine rings is 1. The molecule has 0 radical (unpaired) electrons. The van der Waals surface area contributed by atoms with Crippen molar-refractivity contribution in [3.8, 4) is 0 Å². The minimum Gasteiger partial charge on any atom is -0.399 e. The van der Waals surface area contributed by atoms with Crippen molar-refractivity contribution in [2.75, 3.05) is 0 Å². The van der Waals surface area contributed by atoms with Gasteiger partial charge in [-0.05, 0) is 69.3 Å². The molecule has 0 spiro atoms. The molecule has 0 bridgehead atoms. The topological polar surface area (TPSA) is 67.5 Å². The Morgan fingerprint density at radius 2 is 1.64 bits per heavy atom. The maximum atomic E-state index is 13.4. The average Bonchev–Trinajstić information content (AvgIpc) is 3.16. The molecule has 2 aliphatic heterocycles. The van der Waals surface area contributed by atoms with Gasteiger partial charge >= 0.3 is 7.12 Å². The van der Waals surface area contributed by atoms with E-state index < -0.39 is 0 Å². The van der Waals surface area contributed by atoms with Gasteiger partial charge < -0.3 is 19.2 Å². The van der Waals surface area contributed by atoms with Gasteiger partial charge in [-0.25, -0.2) is 4.98 Å². The number of fused-ring (bicyclic) bond motifs is 4. The number of nitrogens with zero attached hydrogens (tertiary/aromatic N) is 2. The van der Waals surface area contributed by atoms with Crippen LogP contribution < -0.4 is 5.46 Å². The van der Waals surface area contributed by atoms with Crippen molar-refractivity contribution in [1.82, 2.24) is 14.9 Å². The largest absolute Gasteiger partial charge is 0.494 e. The van der Waals surface area contributed by atoms with Crippen LogP contribution in [0.5, 0.6) is 0 Å². The number of imidazole rings is 1. The number of aromatic amines is 1. The minimum absolute atomic E-state index is 0. The summed E-state index contributed by atoms with van der Waals surface area (Å²) in [6, 6.07) is 11.0. The SMILES string of the molecule is CC(C)[C@H](C)C(=O)N1[C@H](c2nc3c(ccc4cc(B5OC(C)(C)C(C)(C)O5)ccc43)[nH]2)C[C@@H]2C[C@@H]21.S.S.S.S. The van der Waals surface area contributed by atoms with E-state index in [2.05, 4.69) is 88.7 Å². The number of carbonyl (C=O) groups excluding carboxylic acids is 1. The molecule has 2 aromatic carbocycles. The number of hydrogen-bond donors (Lipinski definition) is 1. The summed E-state index contributed by atoms with van der Waals surface area (Å²) in [5.74, 6) is 2.16. The molecule has 1 amide bonds. The van der Waals surface area contributed by atoms with Crippen LogP contribution in [0.3, 0.4) is 0 Å². The van der Waals surface area contributed by atoms with E-state index in [0.717, 1.165) is 45.9 Å². The maximum absolute atomic E-state index is 13.4. The number of nitrogens with one attached hydrogen (secondary N) is 1. The second-order valence-electron chi connectivity index (χ2n) is 12.2. The summed E-state index contributed by atoms with van der Waals surface area (Å²) in [5, 5.41) is 2.21. The first kappa shape index (κ1) is 34.2. The average molecular weight is 610 g/mol. The highest BCUT2D eigenvalue weighted by Crippen LogP contribution is 2.54. The van der Waals surface area contributed by atoms with Gasteiger partial charge in [-0.1, -0.05) is 45.0 Å². The zero-order valence-corrected chi connectivity index (χ0v) is 27.9. The van der Waals surface area contributed by atoms with E-state index >= 15 is 0 Å². The molecular weight excluding hydrogens is 565 g/mol. The van der Waals surface area contributed by atoms with Gasteiger partial charge in [-0.15, -0.1) is 0 Å². The molecule has 2 saturated heterocycles. The number of H-pyrrole nitrogens is 1. The highest BCUT2D eigenvalue weighted by molar-refractivity contribution is 7.59.